The number of rotatable bonds is 5. The third-order valence-electron chi connectivity index (χ3n) is 2.75. The summed E-state index contributed by atoms with van der Waals surface area (Å²) in [4.78, 5) is 11.5. The fourth-order valence-electron chi connectivity index (χ4n) is 1.64. The number of hydrogen-bond acceptors (Lipinski definition) is 3. The van der Waals surface area contributed by atoms with Gasteiger partial charge in [-0.1, -0.05) is 11.6 Å². The molecule has 0 aliphatic carbocycles. The molecule has 0 atom stereocenters. The summed E-state index contributed by atoms with van der Waals surface area (Å²) in [6.45, 7) is -0.547. The lowest BCUT2D eigenvalue weighted by molar-refractivity contribution is -0.115. The summed E-state index contributed by atoms with van der Waals surface area (Å²) in [7, 11) is -3.94. The Labute approximate surface area is 136 Å². The quantitative estimate of drug-likeness (QED) is 0.860. The highest BCUT2D eigenvalue weighted by Gasteiger charge is 2.15. The first kappa shape index (κ1) is 17.3. The largest absolute Gasteiger partial charge is 0.325 e. The van der Waals surface area contributed by atoms with Crippen molar-refractivity contribution in [3.8, 4) is 0 Å². The molecule has 0 spiro atoms. The zero-order valence-electron chi connectivity index (χ0n) is 11.5. The molecule has 5 nitrogen and oxygen atoms in total. The molecule has 0 saturated heterocycles. The van der Waals surface area contributed by atoms with E-state index < -0.39 is 34.1 Å². The van der Waals surface area contributed by atoms with E-state index in [1.807, 2.05) is 0 Å². The predicted molar refractivity (Wildman–Crippen MR) is 81.6 cm³/mol. The van der Waals surface area contributed by atoms with E-state index >= 15 is 0 Å². The maximum atomic E-state index is 13.0. The van der Waals surface area contributed by atoms with Gasteiger partial charge < -0.3 is 5.32 Å². The number of anilines is 1. The lowest BCUT2D eigenvalue weighted by atomic mass is 10.3. The van der Waals surface area contributed by atoms with E-state index in [0.717, 1.165) is 30.3 Å². The summed E-state index contributed by atoms with van der Waals surface area (Å²) in [6, 6.07) is 7.70. The SMILES string of the molecule is O=C(CNS(=O)(=O)c1ccc(F)cc1)Nc1ccc(F)c(Cl)c1. The highest BCUT2D eigenvalue weighted by molar-refractivity contribution is 7.89. The Balaban J connectivity index is 1.98. The van der Waals surface area contributed by atoms with Crippen LogP contribution in [0.15, 0.2) is 47.4 Å². The van der Waals surface area contributed by atoms with E-state index in [1.54, 1.807) is 0 Å². The predicted octanol–water partition coefficient (Wildman–Crippen LogP) is 2.54. The van der Waals surface area contributed by atoms with Gasteiger partial charge in [0.05, 0.1) is 16.5 Å². The monoisotopic (exact) mass is 360 g/mol. The molecule has 0 radical (unpaired) electrons. The summed E-state index contributed by atoms with van der Waals surface area (Å²) in [5.74, 6) is -1.88. The van der Waals surface area contributed by atoms with Gasteiger partial charge in [-0.25, -0.2) is 21.9 Å². The summed E-state index contributed by atoms with van der Waals surface area (Å²) in [5.41, 5.74) is 0.224. The van der Waals surface area contributed by atoms with Crippen LogP contribution in [0.4, 0.5) is 14.5 Å². The summed E-state index contributed by atoms with van der Waals surface area (Å²) < 4.78 is 51.7. The van der Waals surface area contributed by atoms with E-state index in [9.17, 15) is 22.0 Å². The molecule has 23 heavy (non-hydrogen) atoms. The average Bonchev–Trinajstić information content (AvgIpc) is 2.50. The molecule has 2 aromatic rings. The zero-order valence-corrected chi connectivity index (χ0v) is 13.1. The molecule has 0 fully saturated rings. The Hall–Kier alpha value is -2.03. The van der Waals surface area contributed by atoms with Crippen molar-refractivity contribution in [3.63, 3.8) is 0 Å². The van der Waals surface area contributed by atoms with Gasteiger partial charge in [-0.2, -0.15) is 0 Å². The lowest BCUT2D eigenvalue weighted by Crippen LogP contribution is -2.32. The molecule has 0 unspecified atom stereocenters. The minimum atomic E-state index is -3.94. The van der Waals surface area contributed by atoms with Crippen LogP contribution >= 0.6 is 11.6 Å². The minimum Gasteiger partial charge on any atom is -0.325 e. The second-order valence-electron chi connectivity index (χ2n) is 4.46. The van der Waals surface area contributed by atoms with Crippen LogP contribution in [0.25, 0.3) is 0 Å². The molecule has 2 N–H and O–H groups in total. The van der Waals surface area contributed by atoms with Gasteiger partial charge in [-0.05, 0) is 42.5 Å². The second-order valence-corrected chi connectivity index (χ2v) is 6.63. The molecule has 122 valence electrons. The van der Waals surface area contributed by atoms with E-state index in [0.29, 0.717) is 0 Å². The van der Waals surface area contributed by atoms with Crippen molar-refractivity contribution in [2.24, 2.45) is 0 Å². The van der Waals surface area contributed by atoms with Crippen molar-refractivity contribution in [2.45, 2.75) is 4.90 Å². The molecule has 2 rings (SSSR count). The zero-order chi connectivity index (χ0) is 17.0. The standard InChI is InChI=1S/C14H11ClF2N2O3S/c15-12-7-10(3-6-13(12)17)19-14(20)8-18-23(21,22)11-4-1-9(16)2-5-11/h1-7,18H,8H2,(H,19,20). The first-order valence-electron chi connectivity index (χ1n) is 6.28. The van der Waals surface area contributed by atoms with Gasteiger partial charge in [-0.15, -0.1) is 0 Å². The Morgan fingerprint density at radius 3 is 2.35 bits per heavy atom. The Kier molecular flexibility index (Phi) is 5.30. The van der Waals surface area contributed by atoms with Crippen LogP contribution in [0, 0.1) is 11.6 Å². The summed E-state index contributed by atoms with van der Waals surface area (Å²) >= 11 is 5.57. The fourth-order valence-corrected chi connectivity index (χ4v) is 2.80. The molecule has 0 aliphatic heterocycles. The molecule has 0 heterocycles. The average molecular weight is 361 g/mol. The van der Waals surface area contributed by atoms with Crippen LogP contribution in [0.2, 0.25) is 5.02 Å². The molecule has 0 aliphatic rings. The first-order chi connectivity index (χ1) is 10.8. The van der Waals surface area contributed by atoms with Crippen molar-refractivity contribution >= 4 is 33.2 Å². The highest BCUT2D eigenvalue weighted by atomic mass is 35.5. The molecule has 0 aromatic heterocycles. The lowest BCUT2D eigenvalue weighted by Gasteiger charge is -2.08. The number of amides is 1. The molecule has 0 bridgehead atoms. The van der Waals surface area contributed by atoms with E-state index in [2.05, 4.69) is 10.0 Å². The van der Waals surface area contributed by atoms with Gasteiger partial charge in [0, 0.05) is 5.69 Å². The maximum absolute atomic E-state index is 13.0. The van der Waals surface area contributed by atoms with Gasteiger partial charge in [-0.3, -0.25) is 4.79 Å². The molecule has 0 saturated carbocycles. The van der Waals surface area contributed by atoms with Crippen LogP contribution in [-0.4, -0.2) is 20.9 Å². The topological polar surface area (TPSA) is 75.3 Å². The number of sulfonamides is 1. The molecule has 1 amide bonds. The van der Waals surface area contributed by atoms with Crippen molar-refractivity contribution in [1.29, 1.82) is 0 Å². The Morgan fingerprint density at radius 2 is 1.74 bits per heavy atom. The van der Waals surface area contributed by atoms with Gasteiger partial charge >= 0.3 is 0 Å². The number of nitrogens with one attached hydrogen (secondary N) is 2. The number of hydrogen-bond donors (Lipinski definition) is 2. The molecule has 2 aromatic carbocycles. The second kappa shape index (κ2) is 7.03. The fraction of sp³-hybridized carbons (Fsp3) is 0.0714. The van der Waals surface area contributed by atoms with Gasteiger partial charge in [0.25, 0.3) is 0 Å². The molecular weight excluding hydrogens is 350 g/mol. The smallest absolute Gasteiger partial charge is 0.241 e. The third-order valence-corrected chi connectivity index (χ3v) is 4.46. The number of carbonyl (C=O) groups excluding carboxylic acids is 1. The van der Waals surface area contributed by atoms with E-state index in [-0.39, 0.29) is 15.6 Å². The third kappa shape index (κ3) is 4.72. The van der Waals surface area contributed by atoms with Gasteiger partial charge in [0.15, 0.2) is 0 Å². The Bertz CT molecular complexity index is 826. The van der Waals surface area contributed by atoms with Crippen LogP contribution in [0.1, 0.15) is 0 Å². The van der Waals surface area contributed by atoms with Crippen molar-refractivity contribution < 1.29 is 22.0 Å². The summed E-state index contributed by atoms with van der Waals surface area (Å²) in [5, 5.41) is 2.19. The van der Waals surface area contributed by atoms with Crippen LogP contribution in [0.5, 0.6) is 0 Å². The van der Waals surface area contributed by atoms with Gasteiger partial charge in [0.1, 0.15) is 11.6 Å². The molecular formula is C14H11ClF2N2O3S. The van der Waals surface area contributed by atoms with E-state index in [1.165, 1.54) is 12.1 Å². The number of carbonyl (C=O) groups is 1. The maximum Gasteiger partial charge on any atom is 0.241 e. The van der Waals surface area contributed by atoms with Crippen molar-refractivity contribution in [2.75, 3.05) is 11.9 Å². The van der Waals surface area contributed by atoms with Gasteiger partial charge in [0.2, 0.25) is 15.9 Å². The van der Waals surface area contributed by atoms with Crippen molar-refractivity contribution in [1.82, 2.24) is 4.72 Å². The number of halogens is 3. The van der Waals surface area contributed by atoms with Crippen molar-refractivity contribution in [3.05, 3.63) is 59.1 Å². The minimum absolute atomic E-state index is 0.170. The first-order valence-corrected chi connectivity index (χ1v) is 8.14. The molecule has 9 heteroatoms. The van der Waals surface area contributed by atoms with Crippen LogP contribution < -0.4 is 10.0 Å². The van der Waals surface area contributed by atoms with Crippen LogP contribution in [-0.2, 0) is 14.8 Å². The Morgan fingerprint density at radius 1 is 1.09 bits per heavy atom. The van der Waals surface area contributed by atoms with E-state index in [4.69, 9.17) is 11.6 Å². The number of benzene rings is 2. The summed E-state index contributed by atoms with van der Waals surface area (Å²) in [6.07, 6.45) is 0. The highest BCUT2D eigenvalue weighted by Crippen LogP contribution is 2.19. The van der Waals surface area contributed by atoms with Crippen LogP contribution in [0.3, 0.4) is 0 Å². The normalized spacial score (nSPS) is 11.3.